The van der Waals surface area contributed by atoms with Gasteiger partial charge in [-0.1, -0.05) is 30.4 Å². The predicted octanol–water partition coefficient (Wildman–Crippen LogP) is 4.41. The second-order valence-corrected chi connectivity index (χ2v) is 14.6. The Morgan fingerprint density at radius 3 is 2.23 bits per heavy atom. The zero-order valence-corrected chi connectivity index (χ0v) is 28.4. The summed E-state index contributed by atoms with van der Waals surface area (Å²) in [6.45, 7) is 2.39. The van der Waals surface area contributed by atoms with Crippen LogP contribution in [-0.4, -0.2) is 70.1 Å². The number of nitrogens with zero attached hydrogens (tertiary/aromatic N) is 2. The molecule has 0 amide bonds. The van der Waals surface area contributed by atoms with Crippen LogP contribution in [0.1, 0.15) is 51.9 Å². The molecule has 2 heterocycles. The van der Waals surface area contributed by atoms with Crippen LogP contribution >= 0.6 is 11.3 Å². The first-order valence-corrected chi connectivity index (χ1v) is 18.5. The minimum Gasteiger partial charge on any atom is -0.465 e. The van der Waals surface area contributed by atoms with Gasteiger partial charge < -0.3 is 19.1 Å². The van der Waals surface area contributed by atoms with E-state index >= 15 is 0 Å². The van der Waals surface area contributed by atoms with Gasteiger partial charge >= 0.3 is 11.9 Å². The Labute approximate surface area is 276 Å². The van der Waals surface area contributed by atoms with Gasteiger partial charge in [-0.15, -0.1) is 0 Å². The molecule has 1 aliphatic rings. The van der Waals surface area contributed by atoms with Gasteiger partial charge in [-0.2, -0.15) is 21.4 Å². The number of carbonyl (C=O) groups is 2. The average molecular weight is 708 g/mol. The molecule has 252 valence electrons. The van der Waals surface area contributed by atoms with E-state index in [2.05, 4.69) is 0 Å². The Balaban J connectivity index is 1.67. The van der Waals surface area contributed by atoms with E-state index in [-0.39, 0.29) is 31.5 Å². The summed E-state index contributed by atoms with van der Waals surface area (Å²) >= 11 is 1.44. The van der Waals surface area contributed by atoms with E-state index in [1.54, 1.807) is 47.4 Å². The van der Waals surface area contributed by atoms with Crippen LogP contribution in [0.3, 0.4) is 0 Å². The molecule has 1 aliphatic heterocycles. The quantitative estimate of drug-likeness (QED) is 0.105. The number of aryl methyl sites for hydroxylation is 1. The van der Waals surface area contributed by atoms with Crippen molar-refractivity contribution in [3.63, 3.8) is 0 Å². The van der Waals surface area contributed by atoms with Crippen LogP contribution in [0.4, 0.5) is 5.69 Å². The topological polar surface area (TPSA) is 178 Å². The normalized spacial score (nSPS) is 14.5. The van der Waals surface area contributed by atoms with Gasteiger partial charge in [0.05, 0.1) is 42.5 Å². The van der Waals surface area contributed by atoms with Gasteiger partial charge in [0.2, 0.25) is 11.4 Å². The van der Waals surface area contributed by atoms with Crippen molar-refractivity contribution in [2.75, 3.05) is 37.2 Å². The van der Waals surface area contributed by atoms with Crippen molar-refractivity contribution in [1.29, 1.82) is 0 Å². The standard InChI is InChI=1S/C31H34N2O11S3/c1-4-21(7-13-28-32(15-5-17-46(36,37)38)24-19-22(30(34)42-2)9-11-26(24)44-28)8-14-29-33(16-6-18-47(39,40)41)25-20-23(31(35)43-3)10-12-27(25)45-29/h7-14,19-20H,4-6,15-18H2,1-3H3,(H-,36,37,38,39,40,41)/p+1. The maximum atomic E-state index is 12.2. The number of fused-ring (bicyclic) bond motifs is 2. The monoisotopic (exact) mass is 707 g/mol. The van der Waals surface area contributed by atoms with Gasteiger partial charge in [-0.3, -0.25) is 9.11 Å². The van der Waals surface area contributed by atoms with Crippen molar-refractivity contribution in [3.8, 4) is 5.75 Å². The van der Waals surface area contributed by atoms with Crippen molar-refractivity contribution in [2.24, 2.45) is 0 Å². The molecule has 3 aromatic rings. The average Bonchev–Trinajstić information content (AvgIpc) is 3.55. The van der Waals surface area contributed by atoms with Crippen LogP contribution in [0.15, 0.2) is 66.1 Å². The fourth-order valence-electron chi connectivity index (χ4n) is 4.86. The number of ether oxygens (including phenoxy) is 3. The molecule has 0 spiro atoms. The Hall–Kier alpha value is -4.09. The van der Waals surface area contributed by atoms with Crippen LogP contribution in [0, 0.1) is 0 Å². The van der Waals surface area contributed by atoms with Crippen LogP contribution < -0.4 is 14.2 Å². The summed E-state index contributed by atoms with van der Waals surface area (Å²) in [7, 11) is -5.78. The minimum atomic E-state index is -4.18. The summed E-state index contributed by atoms with van der Waals surface area (Å²) in [5.41, 5.74) is 2.76. The summed E-state index contributed by atoms with van der Waals surface area (Å²) in [4.78, 5) is 26.0. The lowest BCUT2D eigenvalue weighted by atomic mass is 10.1. The molecule has 2 aromatic carbocycles. The molecular weight excluding hydrogens is 673 g/mol. The molecule has 2 N–H and O–H groups in total. The van der Waals surface area contributed by atoms with Gasteiger partial charge in [0.1, 0.15) is 4.70 Å². The van der Waals surface area contributed by atoms with Gasteiger partial charge in [-0.05, 0) is 54.8 Å². The molecule has 0 fully saturated rings. The second kappa shape index (κ2) is 15.2. The minimum absolute atomic E-state index is 0.0902. The molecular formula is C31H35N2O11S3+. The summed E-state index contributed by atoms with van der Waals surface area (Å²) in [5, 5.41) is 0.774. The molecule has 0 aliphatic carbocycles. The number of allylic oxidation sites excluding steroid dienone is 4. The van der Waals surface area contributed by atoms with E-state index in [1.807, 2.05) is 29.7 Å². The third-order valence-corrected chi connectivity index (χ3v) is 9.90. The van der Waals surface area contributed by atoms with Gasteiger partial charge in [0.15, 0.2) is 12.3 Å². The smallest absolute Gasteiger partial charge is 0.338 e. The Morgan fingerprint density at radius 1 is 0.957 bits per heavy atom. The van der Waals surface area contributed by atoms with Crippen molar-refractivity contribution in [1.82, 2.24) is 0 Å². The summed E-state index contributed by atoms with van der Waals surface area (Å²) in [6, 6.07) is 9.90. The lowest BCUT2D eigenvalue weighted by Gasteiger charge is -2.18. The number of hydrogen-bond acceptors (Lipinski definition) is 11. The summed E-state index contributed by atoms with van der Waals surface area (Å²) in [5.74, 6) is -1.08. The molecule has 0 bridgehead atoms. The SMILES string of the molecule is CCC(/C=C/c1sc2ccc(C(=O)OC)cc2[n+]1CCCS(=O)(=O)O)=C\C=C1/Oc2ccc(C(=O)OC)cc2N1CCCS(=O)(=O)O. The number of carbonyl (C=O) groups excluding carboxylic acids is 2. The van der Waals surface area contributed by atoms with E-state index in [4.69, 9.17) is 14.2 Å². The van der Waals surface area contributed by atoms with Crippen molar-refractivity contribution in [3.05, 3.63) is 82.2 Å². The highest BCUT2D eigenvalue weighted by atomic mass is 32.2. The number of hydrogen-bond donors (Lipinski definition) is 2. The number of thiazole rings is 1. The number of esters is 2. The van der Waals surface area contributed by atoms with Crippen LogP contribution in [0.25, 0.3) is 16.3 Å². The second-order valence-electron chi connectivity index (χ2n) is 10.4. The predicted molar refractivity (Wildman–Crippen MR) is 177 cm³/mol. The molecule has 4 rings (SSSR count). The van der Waals surface area contributed by atoms with Crippen LogP contribution in [0.2, 0.25) is 0 Å². The molecule has 0 saturated heterocycles. The van der Waals surface area contributed by atoms with Gasteiger partial charge in [-0.25, -0.2) is 9.59 Å². The highest BCUT2D eigenvalue weighted by Gasteiger charge is 2.28. The third kappa shape index (κ3) is 9.48. The number of aromatic nitrogens is 1. The first kappa shape index (κ1) is 35.8. The summed E-state index contributed by atoms with van der Waals surface area (Å²) in [6.07, 6.45) is 8.17. The molecule has 1 aromatic heterocycles. The van der Waals surface area contributed by atoms with E-state index in [0.717, 1.165) is 15.3 Å². The van der Waals surface area contributed by atoms with Gasteiger partial charge in [0, 0.05) is 25.1 Å². The molecule has 47 heavy (non-hydrogen) atoms. The van der Waals surface area contributed by atoms with Crippen molar-refractivity contribution < 1.29 is 54.3 Å². The molecule has 0 radical (unpaired) electrons. The van der Waals surface area contributed by atoms with E-state index in [9.17, 15) is 35.5 Å². The number of anilines is 1. The number of benzene rings is 2. The van der Waals surface area contributed by atoms with Crippen LogP contribution in [-0.2, 0) is 36.3 Å². The van der Waals surface area contributed by atoms with E-state index in [1.165, 1.54) is 25.6 Å². The zero-order chi connectivity index (χ0) is 34.4. The zero-order valence-electron chi connectivity index (χ0n) is 25.9. The highest BCUT2D eigenvalue weighted by molar-refractivity contribution is 7.86. The molecule has 0 unspecified atom stereocenters. The first-order valence-electron chi connectivity index (χ1n) is 14.4. The van der Waals surface area contributed by atoms with E-state index < -0.39 is 43.7 Å². The fraction of sp³-hybridized carbons (Fsp3) is 0.323. The molecule has 0 saturated carbocycles. The molecule has 0 atom stereocenters. The maximum absolute atomic E-state index is 12.2. The lowest BCUT2D eigenvalue weighted by molar-refractivity contribution is -0.668. The summed E-state index contributed by atoms with van der Waals surface area (Å²) < 4.78 is 82.4. The largest absolute Gasteiger partial charge is 0.465 e. The first-order chi connectivity index (χ1) is 22.2. The van der Waals surface area contributed by atoms with Crippen LogP contribution in [0.5, 0.6) is 5.75 Å². The Morgan fingerprint density at radius 2 is 1.60 bits per heavy atom. The van der Waals surface area contributed by atoms with Gasteiger partial charge in [0.25, 0.3) is 25.2 Å². The third-order valence-electron chi connectivity index (χ3n) is 7.16. The van der Waals surface area contributed by atoms with Crippen molar-refractivity contribution >= 4 is 65.5 Å². The fourth-order valence-corrected chi connectivity index (χ4v) is 6.92. The maximum Gasteiger partial charge on any atom is 0.338 e. The Kier molecular flexibility index (Phi) is 11.6. The highest BCUT2D eigenvalue weighted by Crippen LogP contribution is 2.40. The lowest BCUT2D eigenvalue weighted by Crippen LogP contribution is -2.36. The number of rotatable bonds is 14. The molecule has 16 heteroatoms. The van der Waals surface area contributed by atoms with E-state index in [0.29, 0.717) is 34.8 Å². The Bertz CT molecular complexity index is 1980. The number of methoxy groups -OCH3 is 2. The molecule has 13 nitrogen and oxygen atoms in total. The van der Waals surface area contributed by atoms with Crippen molar-refractivity contribution in [2.45, 2.75) is 32.7 Å².